The summed E-state index contributed by atoms with van der Waals surface area (Å²) in [7, 11) is 1.53. The average Bonchev–Trinajstić information content (AvgIpc) is 3.11. The Kier molecular flexibility index (Phi) is 6.49. The molecule has 3 N–H and O–H groups in total. The summed E-state index contributed by atoms with van der Waals surface area (Å²) < 4.78 is 6.52. The molecule has 31 heavy (non-hydrogen) atoms. The highest BCUT2D eigenvalue weighted by molar-refractivity contribution is 6.39. The molecular formula is C21H24N6O4. The van der Waals surface area contributed by atoms with Gasteiger partial charge < -0.3 is 15.4 Å². The van der Waals surface area contributed by atoms with E-state index in [0.717, 1.165) is 5.56 Å². The average molecular weight is 424 g/mol. The van der Waals surface area contributed by atoms with Crippen LogP contribution in [0.4, 0.5) is 5.82 Å². The molecule has 0 unspecified atom stereocenters. The molecule has 0 spiro atoms. The molecule has 3 aromatic rings. The number of carbonyl (C=O) groups is 2. The number of hydrogen-bond acceptors (Lipinski definition) is 6. The minimum atomic E-state index is -0.875. The van der Waals surface area contributed by atoms with Crippen LogP contribution in [0.3, 0.4) is 0 Å². The molecule has 10 heteroatoms. The minimum absolute atomic E-state index is 0.126. The first-order chi connectivity index (χ1) is 14.8. The number of nitrogens with one attached hydrogen (secondary N) is 3. The van der Waals surface area contributed by atoms with Gasteiger partial charge in [-0.3, -0.25) is 19.4 Å². The van der Waals surface area contributed by atoms with E-state index in [1.807, 2.05) is 19.1 Å². The van der Waals surface area contributed by atoms with Gasteiger partial charge in [0.25, 0.3) is 5.56 Å². The molecule has 0 fully saturated rings. The van der Waals surface area contributed by atoms with E-state index in [2.05, 4.69) is 25.7 Å². The van der Waals surface area contributed by atoms with Crippen molar-refractivity contribution in [1.29, 1.82) is 0 Å². The van der Waals surface area contributed by atoms with E-state index in [9.17, 15) is 14.4 Å². The summed E-state index contributed by atoms with van der Waals surface area (Å²) in [5, 5.41) is 9.35. The van der Waals surface area contributed by atoms with Crippen molar-refractivity contribution >= 4 is 17.6 Å². The quantitative estimate of drug-likeness (QED) is 0.513. The molecule has 0 radical (unpaired) electrons. The number of H-pyrrole nitrogens is 1. The third-order valence-electron chi connectivity index (χ3n) is 4.68. The first kappa shape index (κ1) is 21.8. The second-order valence-corrected chi connectivity index (χ2v) is 6.84. The molecule has 0 saturated heterocycles. The molecule has 3 rings (SSSR count). The van der Waals surface area contributed by atoms with E-state index < -0.39 is 11.8 Å². The van der Waals surface area contributed by atoms with Crippen LogP contribution in [0, 0.1) is 13.8 Å². The summed E-state index contributed by atoms with van der Waals surface area (Å²) in [5.74, 6) is -0.729. The smallest absolute Gasteiger partial charge is 0.314 e. The Hall–Kier alpha value is -3.95. The number of anilines is 1. The zero-order valence-corrected chi connectivity index (χ0v) is 17.8. The molecule has 2 amide bonds. The Balaban J connectivity index is 1.77. The molecule has 0 bridgehead atoms. The first-order valence-corrected chi connectivity index (χ1v) is 9.72. The van der Waals surface area contributed by atoms with Gasteiger partial charge in [-0.05, 0) is 26.3 Å². The number of aromatic amines is 1. The van der Waals surface area contributed by atoms with Crippen molar-refractivity contribution in [3.63, 3.8) is 0 Å². The highest BCUT2D eigenvalue weighted by atomic mass is 16.5. The third-order valence-corrected chi connectivity index (χ3v) is 4.68. The predicted octanol–water partition coefficient (Wildman–Crippen LogP) is 1.40. The monoisotopic (exact) mass is 424 g/mol. The summed E-state index contributed by atoms with van der Waals surface area (Å²) in [4.78, 5) is 44.1. The van der Waals surface area contributed by atoms with Crippen LogP contribution in [-0.2, 0) is 22.6 Å². The maximum Gasteiger partial charge on any atom is 0.314 e. The molecule has 2 heterocycles. The van der Waals surface area contributed by atoms with E-state index in [0.29, 0.717) is 29.1 Å². The Bertz CT molecular complexity index is 1180. The number of benzene rings is 1. The zero-order chi connectivity index (χ0) is 22.5. The molecular weight excluding hydrogens is 400 g/mol. The number of aromatic nitrogens is 4. The lowest BCUT2D eigenvalue weighted by Gasteiger charge is -2.11. The number of para-hydroxylation sites is 1. The summed E-state index contributed by atoms with van der Waals surface area (Å²) in [6.45, 7) is 5.45. The lowest BCUT2D eigenvalue weighted by Crippen LogP contribution is -2.35. The number of carbonyl (C=O) groups excluding carboxylic acids is 2. The molecule has 0 aliphatic rings. The highest BCUT2D eigenvalue weighted by Gasteiger charge is 2.19. The summed E-state index contributed by atoms with van der Waals surface area (Å²) in [5.41, 5.74) is 2.19. The Morgan fingerprint density at radius 3 is 2.61 bits per heavy atom. The van der Waals surface area contributed by atoms with Crippen LogP contribution in [-0.4, -0.2) is 38.7 Å². The van der Waals surface area contributed by atoms with E-state index in [1.54, 1.807) is 32.0 Å². The number of aryl methyl sites for hydroxylation is 2. The van der Waals surface area contributed by atoms with Gasteiger partial charge in [0.15, 0.2) is 0 Å². The number of methoxy groups -OCH3 is 1. The standard InChI is InChI=1S/C21H24N6O4/c1-5-15-13(3)23-21(25-18(15)28)27-17(10-12(2)26-27)24-20(30)19(29)22-11-14-8-6-7-9-16(14)31-4/h6-10H,5,11H2,1-4H3,(H,22,29)(H,24,30)(H,23,25,28). The van der Waals surface area contributed by atoms with Crippen molar-refractivity contribution < 1.29 is 14.3 Å². The molecule has 0 aliphatic carbocycles. The normalized spacial score (nSPS) is 10.6. The van der Waals surface area contributed by atoms with E-state index in [1.165, 1.54) is 11.8 Å². The molecule has 10 nitrogen and oxygen atoms in total. The number of hydrogen-bond donors (Lipinski definition) is 3. The summed E-state index contributed by atoms with van der Waals surface area (Å²) in [6, 6.07) is 8.76. The van der Waals surface area contributed by atoms with Crippen molar-refractivity contribution in [1.82, 2.24) is 25.1 Å². The maximum absolute atomic E-state index is 12.4. The van der Waals surface area contributed by atoms with Crippen molar-refractivity contribution in [3.8, 4) is 11.7 Å². The summed E-state index contributed by atoms with van der Waals surface area (Å²) in [6.07, 6.45) is 0.544. The third kappa shape index (κ3) is 4.80. The van der Waals surface area contributed by atoms with Gasteiger partial charge in [-0.1, -0.05) is 25.1 Å². The van der Waals surface area contributed by atoms with Crippen LogP contribution in [0.2, 0.25) is 0 Å². The van der Waals surface area contributed by atoms with Gasteiger partial charge >= 0.3 is 11.8 Å². The fraction of sp³-hybridized carbons (Fsp3) is 0.286. The van der Waals surface area contributed by atoms with Crippen LogP contribution < -0.4 is 20.9 Å². The number of amides is 2. The minimum Gasteiger partial charge on any atom is -0.496 e. The van der Waals surface area contributed by atoms with Gasteiger partial charge in [0.05, 0.1) is 12.8 Å². The van der Waals surface area contributed by atoms with Crippen molar-refractivity contribution in [2.45, 2.75) is 33.7 Å². The second-order valence-electron chi connectivity index (χ2n) is 6.84. The van der Waals surface area contributed by atoms with Gasteiger partial charge in [0.2, 0.25) is 5.95 Å². The zero-order valence-electron chi connectivity index (χ0n) is 17.8. The van der Waals surface area contributed by atoms with Crippen LogP contribution in [0.25, 0.3) is 5.95 Å². The van der Waals surface area contributed by atoms with Crippen molar-refractivity contribution in [2.75, 3.05) is 12.4 Å². The van der Waals surface area contributed by atoms with Crippen molar-refractivity contribution in [2.24, 2.45) is 0 Å². The van der Waals surface area contributed by atoms with Crippen LogP contribution >= 0.6 is 0 Å². The van der Waals surface area contributed by atoms with Crippen LogP contribution in [0.5, 0.6) is 5.75 Å². The summed E-state index contributed by atoms with van der Waals surface area (Å²) >= 11 is 0. The predicted molar refractivity (Wildman–Crippen MR) is 114 cm³/mol. The number of nitrogens with zero attached hydrogens (tertiary/aromatic N) is 3. The van der Waals surface area contributed by atoms with Gasteiger partial charge in [0, 0.05) is 29.4 Å². The highest BCUT2D eigenvalue weighted by Crippen LogP contribution is 2.17. The molecule has 0 atom stereocenters. The van der Waals surface area contributed by atoms with Gasteiger partial charge in [-0.2, -0.15) is 9.78 Å². The molecule has 162 valence electrons. The fourth-order valence-electron chi connectivity index (χ4n) is 3.14. The van der Waals surface area contributed by atoms with Gasteiger partial charge in [0.1, 0.15) is 11.6 Å². The maximum atomic E-state index is 12.4. The van der Waals surface area contributed by atoms with E-state index in [4.69, 9.17) is 4.74 Å². The van der Waals surface area contributed by atoms with Gasteiger partial charge in [-0.15, -0.1) is 0 Å². The topological polar surface area (TPSA) is 131 Å². The SMILES string of the molecule is CCc1c(C)nc(-n2nc(C)cc2NC(=O)C(=O)NCc2ccccc2OC)[nH]c1=O. The molecule has 0 aliphatic heterocycles. The number of ether oxygens (including phenoxy) is 1. The molecule has 2 aromatic heterocycles. The lowest BCUT2D eigenvalue weighted by atomic mass is 10.2. The van der Waals surface area contributed by atoms with Crippen molar-refractivity contribution in [3.05, 3.63) is 63.2 Å². The Labute approximate surface area is 178 Å². The van der Waals surface area contributed by atoms with E-state index >= 15 is 0 Å². The van der Waals surface area contributed by atoms with Gasteiger partial charge in [-0.25, -0.2) is 4.98 Å². The Morgan fingerprint density at radius 1 is 1.19 bits per heavy atom. The molecule has 1 aromatic carbocycles. The fourth-order valence-corrected chi connectivity index (χ4v) is 3.14. The Morgan fingerprint density at radius 2 is 1.94 bits per heavy atom. The van der Waals surface area contributed by atoms with Crippen LogP contribution in [0.15, 0.2) is 35.1 Å². The molecule has 0 saturated carbocycles. The van der Waals surface area contributed by atoms with E-state index in [-0.39, 0.29) is 23.9 Å². The second kappa shape index (κ2) is 9.24. The largest absolute Gasteiger partial charge is 0.496 e. The first-order valence-electron chi connectivity index (χ1n) is 9.72. The number of rotatable bonds is 6. The van der Waals surface area contributed by atoms with Crippen LogP contribution in [0.1, 0.15) is 29.4 Å². The lowest BCUT2D eigenvalue weighted by molar-refractivity contribution is -0.136.